The molecule has 4 nitrogen and oxygen atoms in total. The minimum atomic E-state index is 0.345. The van der Waals surface area contributed by atoms with Crippen LogP contribution in [0.25, 0.3) is 0 Å². The number of hydrogen-bond donors (Lipinski definition) is 1. The van der Waals surface area contributed by atoms with Crippen LogP contribution in [-0.2, 0) is 0 Å². The molecule has 1 fully saturated rings. The molecule has 2 heterocycles. The first-order valence-electron chi connectivity index (χ1n) is 5.22. The van der Waals surface area contributed by atoms with Crippen molar-refractivity contribution in [3.63, 3.8) is 0 Å². The van der Waals surface area contributed by atoms with Crippen LogP contribution >= 0.6 is 0 Å². The summed E-state index contributed by atoms with van der Waals surface area (Å²) in [6, 6.07) is 0. The number of hydrogen-bond acceptors (Lipinski definition) is 4. The highest BCUT2D eigenvalue weighted by atomic mass is 16.5. The van der Waals surface area contributed by atoms with Crippen LogP contribution in [0.2, 0.25) is 0 Å². The van der Waals surface area contributed by atoms with Crippen LogP contribution in [0, 0.1) is 5.92 Å². The van der Waals surface area contributed by atoms with Gasteiger partial charge in [-0.25, -0.2) is 0 Å². The predicted molar refractivity (Wildman–Crippen MR) is 53.2 cm³/mol. The minimum absolute atomic E-state index is 0.345. The average molecular weight is 195 g/mol. The topological polar surface area (TPSA) is 51.0 Å². The van der Waals surface area contributed by atoms with E-state index < -0.39 is 0 Å². The lowest BCUT2D eigenvalue weighted by atomic mass is 9.98. The molecule has 0 aromatic carbocycles. The van der Waals surface area contributed by atoms with Gasteiger partial charge in [-0.3, -0.25) is 0 Å². The van der Waals surface area contributed by atoms with Crippen LogP contribution in [0.4, 0.5) is 0 Å². The largest absolute Gasteiger partial charge is 0.339 e. The Hall–Kier alpha value is -0.900. The Morgan fingerprint density at radius 3 is 2.71 bits per heavy atom. The maximum Gasteiger partial charge on any atom is 0.231 e. The summed E-state index contributed by atoms with van der Waals surface area (Å²) in [6.07, 6.45) is 0. The highest BCUT2D eigenvalue weighted by Crippen LogP contribution is 2.26. The van der Waals surface area contributed by atoms with E-state index in [1.165, 1.54) is 0 Å². The summed E-state index contributed by atoms with van der Waals surface area (Å²) in [5.41, 5.74) is 0. The van der Waals surface area contributed by atoms with Crippen LogP contribution in [0.5, 0.6) is 0 Å². The van der Waals surface area contributed by atoms with Crippen molar-refractivity contribution in [1.29, 1.82) is 0 Å². The van der Waals surface area contributed by atoms with E-state index in [9.17, 15) is 0 Å². The third kappa shape index (κ3) is 1.66. The molecule has 0 radical (unpaired) electrons. The van der Waals surface area contributed by atoms with Crippen molar-refractivity contribution in [2.45, 2.75) is 32.6 Å². The Bertz CT molecular complexity index is 308. The molecule has 1 aromatic rings. The number of rotatable bonds is 2. The first kappa shape index (κ1) is 9.65. The lowest BCUT2D eigenvalue weighted by Crippen LogP contribution is -2.08. The van der Waals surface area contributed by atoms with Crippen molar-refractivity contribution in [2.24, 2.45) is 5.92 Å². The van der Waals surface area contributed by atoms with Crippen LogP contribution < -0.4 is 5.32 Å². The zero-order chi connectivity index (χ0) is 10.1. The van der Waals surface area contributed by atoms with Gasteiger partial charge in [0.05, 0.1) is 5.92 Å². The summed E-state index contributed by atoms with van der Waals surface area (Å²) in [5, 5.41) is 7.31. The number of nitrogens with zero attached hydrogens (tertiary/aromatic N) is 2. The quantitative estimate of drug-likeness (QED) is 0.777. The molecule has 14 heavy (non-hydrogen) atoms. The normalized spacial score (nSPS) is 27.4. The highest BCUT2D eigenvalue weighted by Gasteiger charge is 2.29. The van der Waals surface area contributed by atoms with E-state index in [1.54, 1.807) is 0 Å². The van der Waals surface area contributed by atoms with Crippen molar-refractivity contribution in [2.75, 3.05) is 13.1 Å². The third-order valence-corrected chi connectivity index (χ3v) is 2.81. The van der Waals surface area contributed by atoms with Crippen molar-refractivity contribution >= 4 is 0 Å². The van der Waals surface area contributed by atoms with Crippen LogP contribution in [-0.4, -0.2) is 23.2 Å². The molecule has 4 heteroatoms. The highest BCUT2D eigenvalue weighted by molar-refractivity contribution is 5.02. The van der Waals surface area contributed by atoms with Crippen molar-refractivity contribution < 1.29 is 4.52 Å². The van der Waals surface area contributed by atoms with Gasteiger partial charge in [0.25, 0.3) is 0 Å². The van der Waals surface area contributed by atoms with Gasteiger partial charge in [0.1, 0.15) is 0 Å². The molecule has 0 saturated carbocycles. The molecule has 0 aliphatic carbocycles. The monoisotopic (exact) mass is 195 g/mol. The van der Waals surface area contributed by atoms with E-state index in [-0.39, 0.29) is 0 Å². The Morgan fingerprint density at radius 2 is 2.21 bits per heavy atom. The molecule has 0 bridgehead atoms. The van der Waals surface area contributed by atoms with E-state index in [4.69, 9.17) is 4.52 Å². The Balaban J connectivity index is 2.16. The van der Waals surface area contributed by atoms with Gasteiger partial charge in [0.2, 0.25) is 5.89 Å². The summed E-state index contributed by atoms with van der Waals surface area (Å²) >= 11 is 0. The summed E-state index contributed by atoms with van der Waals surface area (Å²) in [7, 11) is 0. The van der Waals surface area contributed by atoms with Gasteiger partial charge in [0, 0.05) is 12.5 Å². The second-order valence-corrected chi connectivity index (χ2v) is 4.39. The average Bonchev–Trinajstić information content (AvgIpc) is 2.71. The van der Waals surface area contributed by atoms with Crippen molar-refractivity contribution in [1.82, 2.24) is 15.5 Å². The SMILES string of the molecule is CC(C)c1noc([C@@H]2CNC[C@H]2C)n1. The van der Waals surface area contributed by atoms with E-state index in [1.807, 2.05) is 0 Å². The smallest absolute Gasteiger partial charge is 0.231 e. The fourth-order valence-corrected chi connectivity index (χ4v) is 1.77. The van der Waals surface area contributed by atoms with Gasteiger partial charge in [-0.15, -0.1) is 0 Å². The molecule has 1 N–H and O–H groups in total. The molecule has 2 atom stereocenters. The molecular formula is C10H17N3O. The summed E-state index contributed by atoms with van der Waals surface area (Å²) < 4.78 is 5.28. The maximum atomic E-state index is 5.28. The molecule has 1 saturated heterocycles. The zero-order valence-electron chi connectivity index (χ0n) is 8.95. The molecule has 78 valence electrons. The van der Waals surface area contributed by atoms with Crippen molar-refractivity contribution in [3.05, 3.63) is 11.7 Å². The minimum Gasteiger partial charge on any atom is -0.339 e. The van der Waals surface area contributed by atoms with Gasteiger partial charge in [-0.2, -0.15) is 4.98 Å². The van der Waals surface area contributed by atoms with Gasteiger partial charge in [0.15, 0.2) is 5.82 Å². The predicted octanol–water partition coefficient (Wildman–Crippen LogP) is 1.52. The first-order valence-corrected chi connectivity index (χ1v) is 5.22. The molecular weight excluding hydrogens is 178 g/mol. The van der Waals surface area contributed by atoms with Crippen molar-refractivity contribution in [3.8, 4) is 0 Å². The fourth-order valence-electron chi connectivity index (χ4n) is 1.77. The molecule has 1 aromatic heterocycles. The van der Waals surface area contributed by atoms with E-state index in [0.717, 1.165) is 24.8 Å². The van der Waals surface area contributed by atoms with Gasteiger partial charge < -0.3 is 9.84 Å². The Kier molecular flexibility index (Phi) is 2.54. The Labute approximate surface area is 84.1 Å². The molecule has 1 aliphatic heterocycles. The van der Waals surface area contributed by atoms with E-state index in [2.05, 4.69) is 36.2 Å². The standard InChI is InChI=1S/C10H17N3O/c1-6(2)9-12-10(14-13-9)8-5-11-4-7(8)3/h6-8,11H,4-5H2,1-3H3/t7-,8-/m1/s1. The maximum absolute atomic E-state index is 5.28. The van der Waals surface area contributed by atoms with Crippen LogP contribution in [0.15, 0.2) is 4.52 Å². The molecule has 0 amide bonds. The second kappa shape index (κ2) is 3.69. The van der Waals surface area contributed by atoms with E-state index >= 15 is 0 Å². The Morgan fingerprint density at radius 1 is 1.43 bits per heavy atom. The lowest BCUT2D eigenvalue weighted by molar-refractivity contribution is 0.335. The molecule has 0 unspecified atom stereocenters. The fraction of sp³-hybridized carbons (Fsp3) is 0.800. The molecule has 2 rings (SSSR count). The summed E-state index contributed by atoms with van der Waals surface area (Å²) in [5.74, 6) is 2.95. The summed E-state index contributed by atoms with van der Waals surface area (Å²) in [4.78, 5) is 4.42. The van der Waals surface area contributed by atoms with E-state index in [0.29, 0.717) is 17.8 Å². The zero-order valence-corrected chi connectivity index (χ0v) is 8.95. The first-order chi connectivity index (χ1) is 6.68. The third-order valence-electron chi connectivity index (χ3n) is 2.81. The molecule has 1 aliphatic rings. The second-order valence-electron chi connectivity index (χ2n) is 4.39. The number of nitrogens with one attached hydrogen (secondary N) is 1. The van der Waals surface area contributed by atoms with Gasteiger partial charge >= 0.3 is 0 Å². The van der Waals surface area contributed by atoms with Crippen LogP contribution in [0.1, 0.15) is 44.3 Å². The van der Waals surface area contributed by atoms with Gasteiger partial charge in [-0.1, -0.05) is 25.9 Å². The number of aromatic nitrogens is 2. The van der Waals surface area contributed by atoms with Crippen LogP contribution in [0.3, 0.4) is 0 Å². The molecule has 0 spiro atoms. The summed E-state index contributed by atoms with van der Waals surface area (Å²) in [6.45, 7) is 8.37. The van der Waals surface area contributed by atoms with Gasteiger partial charge in [-0.05, 0) is 12.5 Å². The lowest BCUT2D eigenvalue weighted by Gasteiger charge is -2.07.